The van der Waals surface area contributed by atoms with Crippen LogP contribution < -0.4 is 0 Å². The molecule has 0 fully saturated rings. The summed E-state index contributed by atoms with van der Waals surface area (Å²) in [5, 5.41) is 9.18. The third kappa shape index (κ3) is 2.63. The molecule has 1 N–H and O–H groups in total. The number of rotatable bonds is 2. The van der Waals surface area contributed by atoms with Crippen molar-refractivity contribution < 1.29 is 13.9 Å². The van der Waals surface area contributed by atoms with E-state index < -0.39 is 17.4 Å². The van der Waals surface area contributed by atoms with E-state index in [-0.39, 0.29) is 0 Å². The Morgan fingerprint density at radius 2 is 1.29 bits per heavy atom. The largest absolute Gasteiger partial charge is 0.505 e. The highest BCUT2D eigenvalue weighted by Gasteiger charge is 2.09. The van der Waals surface area contributed by atoms with Crippen LogP contribution >= 0.6 is 0 Å². The second kappa shape index (κ2) is 5.37. The molecule has 0 saturated heterocycles. The van der Waals surface area contributed by atoms with Crippen molar-refractivity contribution >= 4 is 0 Å². The molecule has 0 amide bonds. The molecule has 3 rings (SSSR count). The number of benzene rings is 3. The number of hydrogen-bond acceptors (Lipinski definition) is 1. The second-order valence-electron chi connectivity index (χ2n) is 4.73. The van der Waals surface area contributed by atoms with Gasteiger partial charge in [0.2, 0.25) is 0 Å². The maximum Gasteiger partial charge on any atom is 0.165 e. The molecule has 0 aromatic heterocycles. The monoisotopic (exact) mass is 282 g/mol. The molecule has 0 aliphatic carbocycles. The summed E-state index contributed by atoms with van der Waals surface area (Å²) in [6, 6.07) is 18.1. The zero-order valence-corrected chi connectivity index (χ0v) is 11.1. The van der Waals surface area contributed by atoms with E-state index in [1.807, 2.05) is 30.3 Å². The number of hydrogen-bond donors (Lipinski definition) is 1. The summed E-state index contributed by atoms with van der Waals surface area (Å²) in [6.45, 7) is 0. The van der Waals surface area contributed by atoms with E-state index in [2.05, 4.69) is 0 Å². The number of phenolic OH excluding ortho intramolecular Hbond substituents is 1. The van der Waals surface area contributed by atoms with Gasteiger partial charge in [-0.1, -0.05) is 48.5 Å². The summed E-state index contributed by atoms with van der Waals surface area (Å²) >= 11 is 0. The van der Waals surface area contributed by atoms with Gasteiger partial charge in [0.15, 0.2) is 11.6 Å². The Kier molecular flexibility index (Phi) is 3.40. The Bertz CT molecular complexity index is 782. The van der Waals surface area contributed by atoms with Gasteiger partial charge >= 0.3 is 0 Å². The van der Waals surface area contributed by atoms with Gasteiger partial charge in [0.25, 0.3) is 0 Å². The zero-order valence-electron chi connectivity index (χ0n) is 11.1. The number of phenols is 1. The number of aromatic hydroxyl groups is 1. The van der Waals surface area contributed by atoms with E-state index in [1.54, 1.807) is 12.1 Å². The van der Waals surface area contributed by atoms with Crippen LogP contribution in [-0.2, 0) is 0 Å². The molecular weight excluding hydrogens is 270 g/mol. The molecule has 0 saturated carbocycles. The van der Waals surface area contributed by atoms with E-state index in [0.717, 1.165) is 17.2 Å². The molecule has 0 heterocycles. The van der Waals surface area contributed by atoms with Gasteiger partial charge in [-0.2, -0.15) is 0 Å². The molecule has 21 heavy (non-hydrogen) atoms. The van der Waals surface area contributed by atoms with Gasteiger partial charge < -0.3 is 5.11 Å². The Morgan fingerprint density at radius 1 is 0.619 bits per heavy atom. The Hall–Kier alpha value is -2.68. The van der Waals surface area contributed by atoms with Crippen LogP contribution in [0.5, 0.6) is 5.75 Å². The lowest BCUT2D eigenvalue weighted by Crippen LogP contribution is -1.88. The van der Waals surface area contributed by atoms with Crippen molar-refractivity contribution in [3.05, 3.63) is 78.4 Å². The first kappa shape index (κ1) is 13.3. The lowest BCUT2D eigenvalue weighted by atomic mass is 9.99. The average Bonchev–Trinajstić information content (AvgIpc) is 2.51. The molecule has 0 aliphatic rings. The molecule has 104 valence electrons. The van der Waals surface area contributed by atoms with E-state index in [9.17, 15) is 13.9 Å². The predicted molar refractivity (Wildman–Crippen MR) is 78.9 cm³/mol. The van der Waals surface area contributed by atoms with Crippen LogP contribution in [0.2, 0.25) is 0 Å². The second-order valence-corrected chi connectivity index (χ2v) is 4.73. The third-order valence-electron chi connectivity index (χ3n) is 3.33. The van der Waals surface area contributed by atoms with Crippen LogP contribution in [0, 0.1) is 11.6 Å². The van der Waals surface area contributed by atoms with Crippen molar-refractivity contribution in [3.8, 4) is 28.0 Å². The summed E-state index contributed by atoms with van der Waals surface area (Å²) in [6.07, 6.45) is 0. The van der Waals surface area contributed by atoms with Crippen LogP contribution in [0.25, 0.3) is 22.3 Å². The molecular formula is C18H12F2O. The van der Waals surface area contributed by atoms with Crippen LogP contribution in [0.1, 0.15) is 0 Å². The van der Waals surface area contributed by atoms with Gasteiger partial charge in [0.05, 0.1) is 0 Å². The van der Waals surface area contributed by atoms with Crippen LogP contribution in [-0.4, -0.2) is 5.11 Å². The highest BCUT2D eigenvalue weighted by Crippen LogP contribution is 2.30. The van der Waals surface area contributed by atoms with E-state index in [4.69, 9.17) is 0 Å². The Labute approximate surface area is 121 Å². The normalized spacial score (nSPS) is 10.6. The van der Waals surface area contributed by atoms with E-state index in [0.29, 0.717) is 11.1 Å². The van der Waals surface area contributed by atoms with Gasteiger partial charge in [-0.15, -0.1) is 0 Å². The van der Waals surface area contributed by atoms with Crippen LogP contribution in [0.15, 0.2) is 66.7 Å². The summed E-state index contributed by atoms with van der Waals surface area (Å²) in [4.78, 5) is 0. The first-order chi connectivity index (χ1) is 10.1. The minimum absolute atomic E-state index is 0.300. The van der Waals surface area contributed by atoms with Crippen molar-refractivity contribution in [1.29, 1.82) is 0 Å². The first-order valence-corrected chi connectivity index (χ1v) is 6.49. The maximum atomic E-state index is 14.3. The standard InChI is InChI=1S/C18H12F2O/c19-16-10-13(12-4-2-1-3-5-12)6-8-15(16)14-7-9-18(21)17(20)11-14/h1-11,21H. The molecule has 0 bridgehead atoms. The molecule has 1 nitrogen and oxygen atoms in total. The quantitative estimate of drug-likeness (QED) is 0.701. The fourth-order valence-electron chi connectivity index (χ4n) is 2.23. The van der Waals surface area contributed by atoms with E-state index in [1.165, 1.54) is 18.2 Å². The Morgan fingerprint density at radius 3 is 1.95 bits per heavy atom. The molecule has 0 atom stereocenters. The van der Waals surface area contributed by atoms with Gasteiger partial charge in [0, 0.05) is 5.56 Å². The summed E-state index contributed by atoms with van der Waals surface area (Å²) < 4.78 is 27.6. The highest BCUT2D eigenvalue weighted by atomic mass is 19.1. The summed E-state index contributed by atoms with van der Waals surface area (Å²) in [5.74, 6) is -1.64. The maximum absolute atomic E-state index is 14.3. The molecule has 0 aliphatic heterocycles. The fraction of sp³-hybridized carbons (Fsp3) is 0. The lowest BCUT2D eigenvalue weighted by molar-refractivity contribution is 0.432. The van der Waals surface area contributed by atoms with Crippen molar-refractivity contribution in [1.82, 2.24) is 0 Å². The van der Waals surface area contributed by atoms with Crippen molar-refractivity contribution in [2.24, 2.45) is 0 Å². The van der Waals surface area contributed by atoms with Gasteiger partial charge in [0.1, 0.15) is 5.82 Å². The first-order valence-electron chi connectivity index (χ1n) is 6.49. The SMILES string of the molecule is Oc1ccc(-c2ccc(-c3ccccc3)cc2F)cc1F. The third-order valence-corrected chi connectivity index (χ3v) is 3.33. The predicted octanol–water partition coefficient (Wildman–Crippen LogP) is 5.00. The van der Waals surface area contributed by atoms with Gasteiger partial charge in [-0.05, 0) is 34.9 Å². The Balaban J connectivity index is 2.04. The van der Waals surface area contributed by atoms with Gasteiger partial charge in [-0.3, -0.25) is 0 Å². The smallest absolute Gasteiger partial charge is 0.165 e. The fourth-order valence-corrected chi connectivity index (χ4v) is 2.23. The molecule has 0 spiro atoms. The minimum atomic E-state index is -0.765. The highest BCUT2D eigenvalue weighted by molar-refractivity contribution is 5.71. The van der Waals surface area contributed by atoms with Crippen molar-refractivity contribution in [2.75, 3.05) is 0 Å². The zero-order chi connectivity index (χ0) is 14.8. The van der Waals surface area contributed by atoms with Crippen LogP contribution in [0.3, 0.4) is 0 Å². The number of halogens is 2. The average molecular weight is 282 g/mol. The summed E-state index contributed by atoms with van der Waals surface area (Å²) in [5.41, 5.74) is 2.37. The molecule has 3 aromatic carbocycles. The van der Waals surface area contributed by atoms with Crippen molar-refractivity contribution in [2.45, 2.75) is 0 Å². The minimum Gasteiger partial charge on any atom is -0.505 e. The molecule has 0 radical (unpaired) electrons. The summed E-state index contributed by atoms with van der Waals surface area (Å²) in [7, 11) is 0. The van der Waals surface area contributed by atoms with Crippen molar-refractivity contribution in [3.63, 3.8) is 0 Å². The molecule has 0 unspecified atom stereocenters. The van der Waals surface area contributed by atoms with Gasteiger partial charge in [-0.25, -0.2) is 8.78 Å². The molecule has 3 aromatic rings. The van der Waals surface area contributed by atoms with Crippen LogP contribution in [0.4, 0.5) is 8.78 Å². The lowest BCUT2D eigenvalue weighted by Gasteiger charge is -2.07. The molecule has 3 heteroatoms. The topological polar surface area (TPSA) is 20.2 Å². The van der Waals surface area contributed by atoms with E-state index >= 15 is 0 Å².